The Bertz CT molecular complexity index is 352. The van der Waals surface area contributed by atoms with E-state index in [2.05, 4.69) is 6.07 Å². The molecule has 2 rings (SSSR count). The molecule has 0 fully saturated rings. The van der Waals surface area contributed by atoms with Crippen LogP contribution in [-0.2, 0) is 11.2 Å². The Morgan fingerprint density at radius 1 is 1.38 bits per heavy atom. The topological polar surface area (TPSA) is 44.5 Å². The SMILES string of the molecule is COCCOc1cccc2c1CCCC2N. The highest BCUT2D eigenvalue weighted by Crippen LogP contribution is 2.33. The van der Waals surface area contributed by atoms with Crippen molar-refractivity contribution in [1.82, 2.24) is 0 Å². The van der Waals surface area contributed by atoms with Crippen LogP contribution in [0, 0.1) is 0 Å². The average Bonchev–Trinajstić information content (AvgIpc) is 2.31. The standard InChI is InChI=1S/C13H19NO2/c1-15-8-9-16-13-7-3-4-10-11(13)5-2-6-12(10)14/h3-4,7,12H,2,5-6,8-9,14H2,1H3. The number of methoxy groups -OCH3 is 1. The Kier molecular flexibility index (Phi) is 3.80. The summed E-state index contributed by atoms with van der Waals surface area (Å²) in [6.45, 7) is 1.22. The maximum Gasteiger partial charge on any atom is 0.122 e. The van der Waals surface area contributed by atoms with Gasteiger partial charge in [0.05, 0.1) is 6.61 Å². The Balaban J connectivity index is 2.15. The number of benzene rings is 1. The van der Waals surface area contributed by atoms with Crippen LogP contribution in [0.5, 0.6) is 5.75 Å². The second kappa shape index (κ2) is 5.32. The minimum atomic E-state index is 0.176. The zero-order valence-corrected chi connectivity index (χ0v) is 9.74. The monoisotopic (exact) mass is 221 g/mol. The smallest absolute Gasteiger partial charge is 0.122 e. The normalized spacial score (nSPS) is 19.2. The van der Waals surface area contributed by atoms with Crippen molar-refractivity contribution in [3.63, 3.8) is 0 Å². The molecule has 0 spiro atoms. The predicted octanol–water partition coefficient (Wildman–Crippen LogP) is 2.05. The Morgan fingerprint density at radius 3 is 3.06 bits per heavy atom. The first-order valence-corrected chi connectivity index (χ1v) is 5.82. The van der Waals surface area contributed by atoms with Crippen LogP contribution in [0.15, 0.2) is 18.2 Å². The largest absolute Gasteiger partial charge is 0.491 e. The van der Waals surface area contributed by atoms with Crippen molar-refractivity contribution in [2.24, 2.45) is 5.73 Å². The van der Waals surface area contributed by atoms with Crippen molar-refractivity contribution in [2.75, 3.05) is 20.3 Å². The molecule has 0 aliphatic heterocycles. The van der Waals surface area contributed by atoms with E-state index in [9.17, 15) is 0 Å². The Labute approximate surface area is 96.5 Å². The van der Waals surface area contributed by atoms with Crippen LogP contribution in [0.3, 0.4) is 0 Å². The van der Waals surface area contributed by atoms with E-state index in [1.54, 1.807) is 7.11 Å². The fourth-order valence-corrected chi connectivity index (χ4v) is 2.22. The third kappa shape index (κ3) is 2.36. The summed E-state index contributed by atoms with van der Waals surface area (Å²) < 4.78 is 10.7. The summed E-state index contributed by atoms with van der Waals surface area (Å²) in [7, 11) is 1.68. The van der Waals surface area contributed by atoms with E-state index in [1.165, 1.54) is 11.1 Å². The van der Waals surface area contributed by atoms with Crippen LogP contribution in [0.25, 0.3) is 0 Å². The lowest BCUT2D eigenvalue weighted by Gasteiger charge is -2.24. The van der Waals surface area contributed by atoms with E-state index < -0.39 is 0 Å². The highest BCUT2D eigenvalue weighted by molar-refractivity contribution is 5.43. The third-order valence-electron chi connectivity index (χ3n) is 3.06. The van der Waals surface area contributed by atoms with Gasteiger partial charge in [0, 0.05) is 13.2 Å². The van der Waals surface area contributed by atoms with Crippen molar-refractivity contribution in [3.8, 4) is 5.75 Å². The molecule has 0 amide bonds. The molecule has 3 nitrogen and oxygen atoms in total. The van der Waals surface area contributed by atoms with Crippen molar-refractivity contribution in [1.29, 1.82) is 0 Å². The summed E-state index contributed by atoms with van der Waals surface area (Å²) in [6.07, 6.45) is 3.31. The molecule has 88 valence electrons. The summed E-state index contributed by atoms with van der Waals surface area (Å²) in [5.74, 6) is 0.977. The van der Waals surface area contributed by atoms with E-state index in [-0.39, 0.29) is 6.04 Å². The Morgan fingerprint density at radius 2 is 2.25 bits per heavy atom. The molecule has 1 aromatic rings. The number of rotatable bonds is 4. The summed E-state index contributed by atoms with van der Waals surface area (Å²) >= 11 is 0. The van der Waals surface area contributed by atoms with E-state index in [0.29, 0.717) is 13.2 Å². The van der Waals surface area contributed by atoms with Crippen LogP contribution >= 0.6 is 0 Å². The summed E-state index contributed by atoms with van der Waals surface area (Å²) in [5, 5.41) is 0. The minimum Gasteiger partial charge on any atom is -0.491 e. The highest BCUT2D eigenvalue weighted by Gasteiger charge is 2.19. The van der Waals surface area contributed by atoms with Gasteiger partial charge in [-0.05, 0) is 36.5 Å². The van der Waals surface area contributed by atoms with Crippen molar-refractivity contribution in [2.45, 2.75) is 25.3 Å². The molecule has 1 atom stereocenters. The molecule has 0 bridgehead atoms. The van der Waals surface area contributed by atoms with Crippen LogP contribution < -0.4 is 10.5 Å². The third-order valence-corrected chi connectivity index (χ3v) is 3.06. The second-order valence-electron chi connectivity index (χ2n) is 4.16. The molecule has 1 unspecified atom stereocenters. The van der Waals surface area contributed by atoms with E-state index >= 15 is 0 Å². The predicted molar refractivity (Wildman–Crippen MR) is 63.7 cm³/mol. The first kappa shape index (κ1) is 11.4. The van der Waals surface area contributed by atoms with E-state index in [1.807, 2.05) is 12.1 Å². The van der Waals surface area contributed by atoms with E-state index in [0.717, 1.165) is 25.0 Å². The maximum atomic E-state index is 6.09. The second-order valence-corrected chi connectivity index (χ2v) is 4.16. The minimum absolute atomic E-state index is 0.176. The molecule has 0 aromatic heterocycles. The van der Waals surface area contributed by atoms with Crippen LogP contribution in [0.1, 0.15) is 30.0 Å². The van der Waals surface area contributed by atoms with Gasteiger partial charge < -0.3 is 15.2 Å². The summed E-state index contributed by atoms with van der Waals surface area (Å²) in [4.78, 5) is 0. The summed E-state index contributed by atoms with van der Waals surface area (Å²) in [5.41, 5.74) is 8.63. The number of ether oxygens (including phenoxy) is 2. The van der Waals surface area contributed by atoms with Crippen molar-refractivity contribution >= 4 is 0 Å². The van der Waals surface area contributed by atoms with Crippen LogP contribution in [0.4, 0.5) is 0 Å². The highest BCUT2D eigenvalue weighted by atomic mass is 16.5. The quantitative estimate of drug-likeness (QED) is 0.791. The Hall–Kier alpha value is -1.06. The molecule has 1 aliphatic rings. The van der Waals surface area contributed by atoms with Gasteiger partial charge >= 0.3 is 0 Å². The molecule has 0 radical (unpaired) electrons. The molecule has 0 heterocycles. The molecule has 1 aliphatic carbocycles. The first-order chi connectivity index (χ1) is 7.83. The van der Waals surface area contributed by atoms with E-state index in [4.69, 9.17) is 15.2 Å². The fourth-order valence-electron chi connectivity index (χ4n) is 2.22. The average molecular weight is 221 g/mol. The summed E-state index contributed by atoms with van der Waals surface area (Å²) in [6, 6.07) is 6.33. The van der Waals surface area contributed by atoms with Gasteiger partial charge in [0.2, 0.25) is 0 Å². The zero-order chi connectivity index (χ0) is 11.4. The van der Waals surface area contributed by atoms with Crippen LogP contribution in [0.2, 0.25) is 0 Å². The number of hydrogen-bond donors (Lipinski definition) is 1. The van der Waals surface area contributed by atoms with Gasteiger partial charge in [-0.2, -0.15) is 0 Å². The number of nitrogens with two attached hydrogens (primary N) is 1. The molecule has 0 saturated carbocycles. The first-order valence-electron chi connectivity index (χ1n) is 5.82. The van der Waals surface area contributed by atoms with Gasteiger partial charge in [-0.3, -0.25) is 0 Å². The lowest BCUT2D eigenvalue weighted by molar-refractivity contribution is 0.145. The number of hydrogen-bond acceptors (Lipinski definition) is 3. The molecular weight excluding hydrogens is 202 g/mol. The van der Waals surface area contributed by atoms with Crippen molar-refractivity contribution in [3.05, 3.63) is 29.3 Å². The zero-order valence-electron chi connectivity index (χ0n) is 9.74. The van der Waals surface area contributed by atoms with Gasteiger partial charge in [-0.15, -0.1) is 0 Å². The van der Waals surface area contributed by atoms with Gasteiger partial charge in [0.1, 0.15) is 12.4 Å². The maximum absolute atomic E-state index is 6.09. The van der Waals surface area contributed by atoms with Gasteiger partial charge in [-0.1, -0.05) is 12.1 Å². The molecule has 0 saturated heterocycles. The lowest BCUT2D eigenvalue weighted by atomic mass is 9.88. The van der Waals surface area contributed by atoms with Gasteiger partial charge in [-0.25, -0.2) is 0 Å². The van der Waals surface area contributed by atoms with Gasteiger partial charge in [0.25, 0.3) is 0 Å². The molecule has 16 heavy (non-hydrogen) atoms. The molecule has 1 aromatic carbocycles. The molecule has 3 heteroatoms. The number of fused-ring (bicyclic) bond motifs is 1. The van der Waals surface area contributed by atoms with Crippen molar-refractivity contribution < 1.29 is 9.47 Å². The van der Waals surface area contributed by atoms with Crippen LogP contribution in [-0.4, -0.2) is 20.3 Å². The fraction of sp³-hybridized carbons (Fsp3) is 0.538. The molecule has 2 N–H and O–H groups in total. The van der Waals surface area contributed by atoms with Gasteiger partial charge in [0.15, 0.2) is 0 Å². The lowest BCUT2D eigenvalue weighted by Crippen LogP contribution is -2.18. The molecular formula is C13H19NO2.